The van der Waals surface area contributed by atoms with Gasteiger partial charge in [0.25, 0.3) is 11.6 Å². The van der Waals surface area contributed by atoms with Crippen LogP contribution in [0.5, 0.6) is 0 Å². The van der Waals surface area contributed by atoms with E-state index in [1.807, 2.05) is 13.8 Å². The predicted octanol–water partition coefficient (Wildman–Crippen LogP) is 3.64. The number of imidazole rings is 1. The zero-order valence-corrected chi connectivity index (χ0v) is 24.1. The molecule has 15 nitrogen and oxygen atoms in total. The summed E-state index contributed by atoms with van der Waals surface area (Å²) in [5.74, 6) is -1.58. The molecule has 0 saturated heterocycles. The van der Waals surface area contributed by atoms with Gasteiger partial charge < -0.3 is 25.8 Å². The molecule has 0 saturated carbocycles. The Hall–Kier alpha value is -5.99. The highest BCUT2D eigenvalue weighted by atomic mass is 16.6. The first kappa shape index (κ1) is 29.5. The van der Waals surface area contributed by atoms with Gasteiger partial charge in [-0.3, -0.25) is 34.5 Å². The first-order valence-electron chi connectivity index (χ1n) is 13.5. The second-order valence-electron chi connectivity index (χ2n) is 9.97. The lowest BCUT2D eigenvalue weighted by molar-refractivity contribution is -0.383. The first-order valence-corrected chi connectivity index (χ1v) is 13.5. The number of furan rings is 1. The maximum Gasteiger partial charge on any atom is 0.297 e. The monoisotopic (exact) mass is 599 g/mol. The Labute approximate surface area is 249 Å². The number of nitrogens with two attached hydrogens (primary N) is 2. The van der Waals surface area contributed by atoms with E-state index in [4.69, 9.17) is 15.9 Å². The molecule has 6 N–H and O–H groups in total. The van der Waals surface area contributed by atoms with Crippen LogP contribution < -0.4 is 22.1 Å². The molecular formula is C29H29N9O6. The van der Waals surface area contributed by atoms with Crippen LogP contribution in [0.2, 0.25) is 0 Å². The number of rotatable bonds is 11. The van der Waals surface area contributed by atoms with Crippen LogP contribution in [-0.2, 0) is 13.1 Å². The van der Waals surface area contributed by atoms with Gasteiger partial charge in [-0.15, -0.1) is 0 Å². The maximum atomic E-state index is 13.2. The second-order valence-corrected chi connectivity index (χ2v) is 9.97. The predicted molar refractivity (Wildman–Crippen MR) is 163 cm³/mol. The van der Waals surface area contributed by atoms with E-state index < -0.39 is 22.6 Å². The molecular weight excluding hydrogens is 570 g/mol. The van der Waals surface area contributed by atoms with E-state index >= 15 is 0 Å². The maximum absolute atomic E-state index is 13.2. The summed E-state index contributed by atoms with van der Waals surface area (Å²) in [4.78, 5) is 52.7. The molecule has 0 aliphatic rings. The summed E-state index contributed by atoms with van der Waals surface area (Å²) < 4.78 is 8.82. The number of hydrogen-bond donors (Lipinski definition) is 4. The Balaban J connectivity index is 1.44. The van der Waals surface area contributed by atoms with Crippen molar-refractivity contribution in [1.82, 2.24) is 19.3 Å². The molecule has 2 aromatic carbocycles. The van der Waals surface area contributed by atoms with Gasteiger partial charge in [0.2, 0.25) is 17.8 Å². The fourth-order valence-corrected chi connectivity index (χ4v) is 5.09. The molecule has 0 fully saturated rings. The highest BCUT2D eigenvalue weighted by molar-refractivity contribution is 6.10. The Morgan fingerprint density at radius 2 is 1.89 bits per heavy atom. The topological polar surface area (TPSA) is 219 Å². The molecule has 0 aliphatic heterocycles. The van der Waals surface area contributed by atoms with Gasteiger partial charge in [0, 0.05) is 36.7 Å². The SMILES string of the molecule is CCn1nc(C)cc1C(=O)Nc1nc2cc(C(N)=O)cc(C)c2n1CC=CCNc1c([N+](=O)[O-])cc(C(N)=O)c2ccoc12. The molecule has 15 heteroatoms. The largest absolute Gasteiger partial charge is 0.462 e. The van der Waals surface area contributed by atoms with Crippen molar-refractivity contribution >= 4 is 57.0 Å². The van der Waals surface area contributed by atoms with Crippen LogP contribution in [-0.4, -0.2) is 48.5 Å². The highest BCUT2D eigenvalue weighted by Crippen LogP contribution is 2.36. The second kappa shape index (κ2) is 11.7. The van der Waals surface area contributed by atoms with Crippen molar-refractivity contribution < 1.29 is 23.7 Å². The van der Waals surface area contributed by atoms with Gasteiger partial charge >= 0.3 is 0 Å². The number of amides is 3. The number of nitro benzene ring substituents is 1. The van der Waals surface area contributed by atoms with Gasteiger partial charge in [-0.25, -0.2) is 4.98 Å². The highest BCUT2D eigenvalue weighted by Gasteiger charge is 2.24. The number of carbonyl (C=O) groups excluding carboxylic acids is 3. The first-order chi connectivity index (χ1) is 21.0. The fraction of sp³-hybridized carbons (Fsp3) is 0.207. The van der Waals surface area contributed by atoms with Gasteiger partial charge in [0.15, 0.2) is 11.3 Å². The number of aryl methyl sites for hydroxylation is 3. The average Bonchev–Trinajstić information content (AvgIpc) is 3.69. The standard InChI is InChI=1S/C29H29N9O6/c1-4-37-22(12-16(3)35-37)28(41)34-29-33-20-13-17(26(30)39)11-15(2)24(20)36(29)9-6-5-8-32-23-21(38(42)43)14-19(27(31)40)18-7-10-44-25(18)23/h5-7,10-14,32H,4,8-9H2,1-3H3,(H2,30,39)(H2,31,40)(H,33,34,41). The van der Waals surface area contributed by atoms with Crippen molar-refractivity contribution in [3.63, 3.8) is 0 Å². The summed E-state index contributed by atoms with van der Waals surface area (Å²) in [6.45, 7) is 6.38. The quantitative estimate of drug-likeness (QED) is 0.0987. The van der Waals surface area contributed by atoms with E-state index in [9.17, 15) is 24.5 Å². The van der Waals surface area contributed by atoms with Crippen molar-refractivity contribution in [2.75, 3.05) is 17.2 Å². The van der Waals surface area contributed by atoms with Crippen LogP contribution in [0.3, 0.4) is 0 Å². The number of nitrogens with zero attached hydrogens (tertiary/aromatic N) is 5. The van der Waals surface area contributed by atoms with Crippen LogP contribution in [0, 0.1) is 24.0 Å². The van der Waals surface area contributed by atoms with E-state index in [-0.39, 0.29) is 47.1 Å². The lowest BCUT2D eigenvalue weighted by Crippen LogP contribution is -2.20. The Kier molecular flexibility index (Phi) is 7.85. The van der Waals surface area contributed by atoms with E-state index in [2.05, 4.69) is 20.7 Å². The summed E-state index contributed by atoms with van der Waals surface area (Å²) >= 11 is 0. The minimum atomic E-state index is -0.811. The summed E-state index contributed by atoms with van der Waals surface area (Å²) in [7, 11) is 0. The van der Waals surface area contributed by atoms with Crippen molar-refractivity contribution in [2.24, 2.45) is 11.5 Å². The third-order valence-electron chi connectivity index (χ3n) is 7.01. The molecule has 0 unspecified atom stereocenters. The minimum Gasteiger partial charge on any atom is -0.462 e. The number of carbonyl (C=O) groups is 3. The molecule has 0 spiro atoms. The van der Waals surface area contributed by atoms with Crippen LogP contribution in [0.15, 0.2) is 53.2 Å². The van der Waals surface area contributed by atoms with Gasteiger partial charge in [-0.1, -0.05) is 12.2 Å². The number of nitrogens with one attached hydrogen (secondary N) is 2. The average molecular weight is 600 g/mol. The molecule has 3 aromatic heterocycles. The Bertz CT molecular complexity index is 2000. The number of nitro groups is 1. The van der Waals surface area contributed by atoms with Crippen LogP contribution in [0.1, 0.15) is 49.4 Å². The number of benzene rings is 2. The van der Waals surface area contributed by atoms with Crippen LogP contribution in [0.4, 0.5) is 17.3 Å². The van der Waals surface area contributed by atoms with E-state index in [0.29, 0.717) is 34.4 Å². The normalized spacial score (nSPS) is 11.4. The number of fused-ring (bicyclic) bond motifs is 2. The molecule has 226 valence electrons. The molecule has 3 amide bonds. The lowest BCUT2D eigenvalue weighted by Gasteiger charge is -2.11. The molecule has 0 aliphatic carbocycles. The van der Waals surface area contributed by atoms with Gasteiger partial charge in [0.1, 0.15) is 5.69 Å². The smallest absolute Gasteiger partial charge is 0.297 e. The third kappa shape index (κ3) is 5.45. The number of primary amides is 2. The van der Waals surface area contributed by atoms with Crippen molar-refractivity contribution in [3.05, 3.63) is 86.9 Å². The van der Waals surface area contributed by atoms with Gasteiger partial charge in [-0.2, -0.15) is 5.10 Å². The van der Waals surface area contributed by atoms with Crippen LogP contribution in [0.25, 0.3) is 22.0 Å². The van der Waals surface area contributed by atoms with E-state index in [1.54, 1.807) is 46.5 Å². The van der Waals surface area contributed by atoms with Gasteiger partial charge in [-0.05, 0) is 50.6 Å². The number of aromatic nitrogens is 4. The molecule has 44 heavy (non-hydrogen) atoms. The zero-order chi connectivity index (χ0) is 31.7. The number of allylic oxidation sites excluding steroid dienone is 1. The fourth-order valence-electron chi connectivity index (χ4n) is 5.09. The Morgan fingerprint density at radius 3 is 2.57 bits per heavy atom. The third-order valence-corrected chi connectivity index (χ3v) is 7.01. The molecule has 0 radical (unpaired) electrons. The lowest BCUT2D eigenvalue weighted by atomic mass is 10.1. The van der Waals surface area contributed by atoms with Crippen molar-refractivity contribution in [2.45, 2.75) is 33.9 Å². The van der Waals surface area contributed by atoms with Crippen LogP contribution >= 0.6 is 0 Å². The zero-order valence-electron chi connectivity index (χ0n) is 24.1. The summed E-state index contributed by atoms with van der Waals surface area (Å²) in [5.41, 5.74) is 14.0. The summed E-state index contributed by atoms with van der Waals surface area (Å²) in [6, 6.07) is 7.53. The molecule has 5 aromatic rings. The Morgan fingerprint density at radius 1 is 1.11 bits per heavy atom. The molecule has 5 rings (SSSR count). The molecule has 0 bridgehead atoms. The van der Waals surface area contributed by atoms with E-state index in [1.165, 1.54) is 12.3 Å². The number of anilines is 2. The molecule has 3 heterocycles. The van der Waals surface area contributed by atoms with Crippen molar-refractivity contribution in [1.29, 1.82) is 0 Å². The minimum absolute atomic E-state index is 0.0184. The van der Waals surface area contributed by atoms with E-state index in [0.717, 1.165) is 11.6 Å². The van der Waals surface area contributed by atoms with Crippen molar-refractivity contribution in [3.8, 4) is 0 Å². The summed E-state index contributed by atoms with van der Waals surface area (Å²) in [5, 5.41) is 22.3. The summed E-state index contributed by atoms with van der Waals surface area (Å²) in [6.07, 6.45) is 4.84. The number of hydrogen-bond acceptors (Lipinski definition) is 9. The van der Waals surface area contributed by atoms with Gasteiger partial charge in [0.05, 0.1) is 33.5 Å². The molecule has 0 atom stereocenters.